The van der Waals surface area contributed by atoms with Gasteiger partial charge in [-0.3, -0.25) is 9.63 Å². The van der Waals surface area contributed by atoms with Gasteiger partial charge in [0.15, 0.2) is 5.78 Å². The predicted octanol–water partition coefficient (Wildman–Crippen LogP) is 5.72. The van der Waals surface area contributed by atoms with Gasteiger partial charge in [0, 0.05) is 32.0 Å². The third kappa shape index (κ3) is 4.49. The highest BCUT2D eigenvalue weighted by atomic mass is 16.7. The number of fused-ring (bicyclic) bond motifs is 5. The molecule has 4 aliphatic carbocycles. The lowest BCUT2D eigenvalue weighted by Gasteiger charge is -2.58. The van der Waals surface area contributed by atoms with Crippen molar-refractivity contribution in [1.29, 1.82) is 0 Å². The first kappa shape index (κ1) is 25.0. The van der Waals surface area contributed by atoms with Gasteiger partial charge in [0.05, 0.1) is 5.71 Å². The number of carbonyl (C=O) groups excluding carboxylic acids is 2. The fourth-order valence-electron chi connectivity index (χ4n) is 8.97. The van der Waals surface area contributed by atoms with E-state index in [1.54, 1.807) is 4.90 Å². The third-order valence-corrected chi connectivity index (χ3v) is 11.0. The number of likely N-dealkylation sites (N-methyl/N-ethyl adjacent to an activating group) is 1. The Kier molecular flexibility index (Phi) is 6.88. The maximum atomic E-state index is 12.6. The van der Waals surface area contributed by atoms with Gasteiger partial charge in [-0.25, -0.2) is 4.79 Å². The van der Waals surface area contributed by atoms with Crippen LogP contribution in [0.25, 0.3) is 0 Å². The maximum Gasteiger partial charge on any atom is 0.435 e. The molecule has 1 saturated heterocycles. The monoisotopic (exact) mass is 483 g/mol. The van der Waals surface area contributed by atoms with Crippen molar-refractivity contribution in [3.63, 3.8) is 0 Å². The molecule has 0 radical (unpaired) electrons. The molecule has 6 heteroatoms. The summed E-state index contributed by atoms with van der Waals surface area (Å²) >= 11 is 0. The number of rotatable bonds is 4. The highest BCUT2D eigenvalue weighted by molar-refractivity contribution is 5.91. The SMILES string of the molecule is C/C(=N\OC(=O)N(C)CC1CCCCN1)[C@H]1CC[C@H]2[C@@H]3CCC4=CC(=O)CC[C@]4(C)[C@H]3CC[C@]12C. The van der Waals surface area contributed by atoms with E-state index < -0.39 is 0 Å². The number of hydrogen-bond donors (Lipinski definition) is 1. The first-order chi connectivity index (χ1) is 16.7. The number of nitrogens with zero attached hydrogens (tertiary/aromatic N) is 2. The molecule has 5 rings (SSSR count). The zero-order valence-corrected chi connectivity index (χ0v) is 22.3. The Morgan fingerprint density at radius 1 is 1.11 bits per heavy atom. The van der Waals surface area contributed by atoms with E-state index in [1.165, 1.54) is 44.1 Å². The van der Waals surface area contributed by atoms with Gasteiger partial charge in [0.25, 0.3) is 0 Å². The van der Waals surface area contributed by atoms with Gasteiger partial charge >= 0.3 is 6.09 Å². The van der Waals surface area contributed by atoms with E-state index in [0.29, 0.717) is 36.1 Å². The summed E-state index contributed by atoms with van der Waals surface area (Å²) in [6, 6.07) is 0.353. The molecule has 1 amide bonds. The number of oxime groups is 1. The van der Waals surface area contributed by atoms with Gasteiger partial charge in [0.2, 0.25) is 0 Å². The molecule has 7 atom stereocenters. The van der Waals surface area contributed by atoms with E-state index in [-0.39, 0.29) is 16.9 Å². The van der Waals surface area contributed by atoms with Crippen LogP contribution in [0, 0.1) is 34.5 Å². The first-order valence-corrected chi connectivity index (χ1v) is 14.2. The van der Waals surface area contributed by atoms with Crippen LogP contribution in [-0.2, 0) is 9.63 Å². The van der Waals surface area contributed by atoms with Crippen LogP contribution in [-0.4, -0.2) is 48.7 Å². The Labute approximate surface area is 211 Å². The molecule has 6 nitrogen and oxygen atoms in total. The van der Waals surface area contributed by atoms with Crippen molar-refractivity contribution < 1.29 is 14.4 Å². The van der Waals surface area contributed by atoms with Gasteiger partial charge in [-0.05, 0) is 106 Å². The van der Waals surface area contributed by atoms with Crippen molar-refractivity contribution in [3.05, 3.63) is 11.6 Å². The Morgan fingerprint density at radius 2 is 1.94 bits per heavy atom. The van der Waals surface area contributed by atoms with Gasteiger partial charge in [-0.15, -0.1) is 0 Å². The molecule has 4 fully saturated rings. The second-order valence-electron chi connectivity index (χ2n) is 12.8. The molecular weight excluding hydrogens is 438 g/mol. The normalized spacial score (nSPS) is 41.4. The first-order valence-electron chi connectivity index (χ1n) is 14.2. The van der Waals surface area contributed by atoms with E-state index in [1.807, 2.05) is 13.1 Å². The third-order valence-electron chi connectivity index (χ3n) is 11.0. The number of piperidine rings is 1. The Bertz CT molecular complexity index is 907. The fourth-order valence-corrected chi connectivity index (χ4v) is 8.97. The topological polar surface area (TPSA) is 71.0 Å². The molecule has 35 heavy (non-hydrogen) atoms. The van der Waals surface area contributed by atoms with E-state index in [4.69, 9.17) is 4.84 Å². The predicted molar refractivity (Wildman–Crippen MR) is 138 cm³/mol. The van der Waals surface area contributed by atoms with Gasteiger partial charge in [-0.2, -0.15) is 0 Å². The molecule has 0 aromatic carbocycles. The Hall–Kier alpha value is -1.69. The van der Waals surface area contributed by atoms with E-state index in [9.17, 15) is 9.59 Å². The molecule has 5 aliphatic rings. The molecule has 194 valence electrons. The summed E-state index contributed by atoms with van der Waals surface area (Å²) in [5, 5.41) is 7.90. The van der Waals surface area contributed by atoms with Gasteiger partial charge in [0.1, 0.15) is 0 Å². The molecule has 1 aliphatic heterocycles. The van der Waals surface area contributed by atoms with Crippen LogP contribution in [0.4, 0.5) is 4.79 Å². The highest BCUT2D eigenvalue weighted by Crippen LogP contribution is 2.66. The summed E-state index contributed by atoms with van der Waals surface area (Å²) in [5.41, 5.74) is 2.86. The molecule has 3 saturated carbocycles. The second-order valence-corrected chi connectivity index (χ2v) is 12.8. The van der Waals surface area contributed by atoms with Crippen molar-refractivity contribution in [2.75, 3.05) is 20.1 Å². The second kappa shape index (κ2) is 9.64. The van der Waals surface area contributed by atoms with Crippen LogP contribution < -0.4 is 5.32 Å². The quantitative estimate of drug-likeness (QED) is 0.315. The summed E-state index contributed by atoms with van der Waals surface area (Å²) in [6.45, 7) is 8.69. The van der Waals surface area contributed by atoms with E-state index >= 15 is 0 Å². The van der Waals surface area contributed by atoms with Crippen molar-refractivity contribution in [1.82, 2.24) is 10.2 Å². The molecule has 0 aromatic rings. The number of amides is 1. The van der Waals surface area contributed by atoms with Crippen molar-refractivity contribution in [2.45, 2.75) is 97.4 Å². The number of ketones is 1. The molecule has 1 unspecified atom stereocenters. The number of allylic oxidation sites excluding steroid dienone is 1. The molecule has 1 N–H and O–H groups in total. The largest absolute Gasteiger partial charge is 0.435 e. The number of nitrogens with one attached hydrogen (secondary N) is 1. The Morgan fingerprint density at radius 3 is 2.71 bits per heavy atom. The molecule has 0 bridgehead atoms. The zero-order chi connectivity index (χ0) is 24.8. The molecule has 0 spiro atoms. The number of carbonyl (C=O) groups is 2. The van der Waals surface area contributed by atoms with E-state index in [0.717, 1.165) is 50.3 Å². The Balaban J connectivity index is 1.24. The molecule has 1 heterocycles. The summed E-state index contributed by atoms with van der Waals surface area (Å²) in [5.74, 6) is 2.84. The minimum Gasteiger partial charge on any atom is -0.312 e. The summed E-state index contributed by atoms with van der Waals surface area (Å²) in [4.78, 5) is 31.8. The van der Waals surface area contributed by atoms with Crippen LogP contribution in [0.15, 0.2) is 16.8 Å². The van der Waals surface area contributed by atoms with Crippen LogP contribution in [0.1, 0.15) is 91.4 Å². The smallest absolute Gasteiger partial charge is 0.312 e. The van der Waals surface area contributed by atoms with Crippen molar-refractivity contribution >= 4 is 17.6 Å². The highest BCUT2D eigenvalue weighted by Gasteiger charge is 2.59. The molecule has 0 aromatic heterocycles. The minimum absolute atomic E-state index is 0.215. The van der Waals surface area contributed by atoms with Crippen molar-refractivity contribution in [3.8, 4) is 0 Å². The van der Waals surface area contributed by atoms with E-state index in [2.05, 4.69) is 31.2 Å². The van der Waals surface area contributed by atoms with Crippen LogP contribution in [0.5, 0.6) is 0 Å². The zero-order valence-electron chi connectivity index (χ0n) is 22.3. The average Bonchev–Trinajstić information content (AvgIpc) is 3.20. The lowest BCUT2D eigenvalue weighted by molar-refractivity contribution is -0.117. The fraction of sp³-hybridized carbons (Fsp3) is 0.828. The average molecular weight is 484 g/mol. The number of hydrogen-bond acceptors (Lipinski definition) is 5. The standard InChI is InChI=1S/C29H45N3O3/c1-19(31-35-27(34)32(4)18-21-7-5-6-16-30-21)24-10-11-25-23-9-8-20-17-22(33)12-14-28(20,2)26(23)13-15-29(24,25)3/h17,21,23-26,30H,5-16,18H2,1-4H3/b31-19+/t21?,23-,24+,25-,26-,28-,29+/m0/s1. The van der Waals surface area contributed by atoms with Gasteiger partial charge in [-0.1, -0.05) is 31.0 Å². The minimum atomic E-state index is -0.355. The molecular formula is C29H45N3O3. The lowest BCUT2D eigenvalue weighted by atomic mass is 9.46. The van der Waals surface area contributed by atoms with Crippen LogP contribution in [0.2, 0.25) is 0 Å². The van der Waals surface area contributed by atoms with Crippen molar-refractivity contribution in [2.24, 2.45) is 39.7 Å². The summed E-state index contributed by atoms with van der Waals surface area (Å²) in [7, 11) is 1.81. The van der Waals surface area contributed by atoms with Crippen LogP contribution >= 0.6 is 0 Å². The van der Waals surface area contributed by atoms with Crippen LogP contribution in [0.3, 0.4) is 0 Å². The summed E-state index contributed by atoms with van der Waals surface area (Å²) in [6.07, 6.45) is 14.1. The maximum absolute atomic E-state index is 12.6. The lowest BCUT2D eigenvalue weighted by Crippen LogP contribution is -2.51. The van der Waals surface area contributed by atoms with Gasteiger partial charge < -0.3 is 10.2 Å². The summed E-state index contributed by atoms with van der Waals surface area (Å²) < 4.78 is 0.